The molecule has 0 bridgehead atoms. The van der Waals surface area contributed by atoms with Crippen LogP contribution in [-0.4, -0.2) is 49.8 Å². The minimum absolute atomic E-state index is 0.147. The molecule has 0 spiro atoms. The van der Waals surface area contributed by atoms with Crippen LogP contribution < -0.4 is 5.32 Å². The number of carboxylic acids is 1. The summed E-state index contributed by atoms with van der Waals surface area (Å²) in [6.45, 7) is -0.421. The van der Waals surface area contributed by atoms with Crippen LogP contribution in [0.1, 0.15) is 38.7 Å². The molecular weight excluding hydrogens is 448 g/mol. The van der Waals surface area contributed by atoms with Gasteiger partial charge in [-0.15, -0.1) is 0 Å². The summed E-state index contributed by atoms with van der Waals surface area (Å²) in [5, 5.41) is 12.2. The van der Waals surface area contributed by atoms with Crippen LogP contribution in [0.3, 0.4) is 0 Å². The second-order valence-corrected chi connectivity index (χ2v) is 8.17. The molecule has 3 aromatic carbocycles. The van der Waals surface area contributed by atoms with Gasteiger partial charge in [0.1, 0.15) is 6.54 Å². The maximum atomic E-state index is 12.7. The molecule has 2 heterocycles. The number of nitrogens with zero attached hydrogens (tertiary/aromatic N) is 3. The average molecular weight is 468 g/mol. The number of rotatable bonds is 7. The van der Waals surface area contributed by atoms with Gasteiger partial charge in [-0.05, 0) is 35.9 Å². The zero-order valence-electron chi connectivity index (χ0n) is 18.4. The van der Waals surface area contributed by atoms with Gasteiger partial charge in [0.2, 0.25) is 5.91 Å². The Bertz CT molecular complexity index is 1440. The molecular formula is C26H20N4O5. The summed E-state index contributed by atoms with van der Waals surface area (Å²) in [4.78, 5) is 54.7. The minimum atomic E-state index is -0.953. The number of carbonyl (C=O) groups excluding carboxylic acids is 3. The highest BCUT2D eigenvalue weighted by Gasteiger charge is 2.36. The summed E-state index contributed by atoms with van der Waals surface area (Å²) in [6.07, 6.45) is 1.43. The van der Waals surface area contributed by atoms with E-state index >= 15 is 0 Å². The molecule has 1 atom stereocenters. The first-order chi connectivity index (χ1) is 16.9. The van der Waals surface area contributed by atoms with Gasteiger partial charge >= 0.3 is 5.97 Å². The molecule has 9 nitrogen and oxygen atoms in total. The Morgan fingerprint density at radius 1 is 0.914 bits per heavy atom. The van der Waals surface area contributed by atoms with Gasteiger partial charge in [-0.1, -0.05) is 42.5 Å². The van der Waals surface area contributed by atoms with E-state index in [1.54, 1.807) is 53.4 Å². The van der Waals surface area contributed by atoms with Crippen LogP contribution in [0, 0.1) is 0 Å². The van der Waals surface area contributed by atoms with Crippen molar-refractivity contribution in [1.82, 2.24) is 14.5 Å². The van der Waals surface area contributed by atoms with Gasteiger partial charge in [0.15, 0.2) is 0 Å². The summed E-state index contributed by atoms with van der Waals surface area (Å²) in [6, 6.07) is 20.3. The third-order valence-electron chi connectivity index (χ3n) is 5.93. The molecule has 2 N–H and O–H groups in total. The lowest BCUT2D eigenvalue weighted by molar-refractivity contribution is -0.137. The smallest absolute Gasteiger partial charge is 0.305 e. The van der Waals surface area contributed by atoms with Crippen LogP contribution in [0.4, 0.5) is 5.69 Å². The van der Waals surface area contributed by atoms with Gasteiger partial charge in [-0.3, -0.25) is 24.1 Å². The standard InChI is InChI=1S/C26H20N4O5/c31-23(14-29-25(34)18-8-4-5-9-19(18)26(29)35)28-17-10-11-20-22(12-17)30(15-27-20)21(13-24(32)33)16-6-2-1-3-7-16/h1-12,15,21H,13-14H2,(H,28,31)(H,32,33). The van der Waals surface area contributed by atoms with Crippen molar-refractivity contribution in [2.24, 2.45) is 0 Å². The quantitative estimate of drug-likeness (QED) is 0.401. The zero-order valence-corrected chi connectivity index (χ0v) is 18.4. The molecule has 0 radical (unpaired) electrons. The van der Waals surface area contributed by atoms with Crippen LogP contribution in [0.5, 0.6) is 0 Å². The first-order valence-electron chi connectivity index (χ1n) is 10.9. The molecule has 0 aliphatic carbocycles. The van der Waals surface area contributed by atoms with E-state index in [1.165, 1.54) is 0 Å². The molecule has 0 saturated heterocycles. The van der Waals surface area contributed by atoms with E-state index in [0.717, 1.165) is 10.5 Å². The largest absolute Gasteiger partial charge is 0.481 e. The van der Waals surface area contributed by atoms with Crippen molar-refractivity contribution in [3.8, 4) is 0 Å². The van der Waals surface area contributed by atoms with Crippen molar-refractivity contribution < 1.29 is 24.3 Å². The van der Waals surface area contributed by atoms with E-state index in [1.807, 2.05) is 30.3 Å². The van der Waals surface area contributed by atoms with Gasteiger partial charge in [0, 0.05) is 5.69 Å². The maximum absolute atomic E-state index is 12.7. The lowest BCUT2D eigenvalue weighted by Crippen LogP contribution is -2.37. The Morgan fingerprint density at radius 3 is 2.23 bits per heavy atom. The molecule has 0 fully saturated rings. The molecule has 5 rings (SSSR count). The molecule has 1 aromatic heterocycles. The topological polar surface area (TPSA) is 122 Å². The van der Waals surface area contributed by atoms with Crippen molar-refractivity contribution in [1.29, 1.82) is 0 Å². The van der Waals surface area contributed by atoms with Crippen molar-refractivity contribution in [3.05, 3.63) is 95.8 Å². The predicted molar refractivity (Wildman–Crippen MR) is 127 cm³/mol. The summed E-state index contributed by atoms with van der Waals surface area (Å²) in [5.41, 5.74) is 3.08. The number of carboxylic acid groups (broad SMARTS) is 1. The third-order valence-corrected chi connectivity index (χ3v) is 5.93. The average Bonchev–Trinajstić information content (AvgIpc) is 3.37. The minimum Gasteiger partial charge on any atom is -0.481 e. The van der Waals surface area contributed by atoms with Crippen molar-refractivity contribution in [2.75, 3.05) is 11.9 Å². The van der Waals surface area contributed by atoms with Crippen molar-refractivity contribution in [2.45, 2.75) is 12.5 Å². The van der Waals surface area contributed by atoms with Gasteiger partial charge in [-0.2, -0.15) is 0 Å². The number of carbonyl (C=O) groups is 4. The number of amides is 3. The van der Waals surface area contributed by atoms with E-state index in [-0.39, 0.29) is 17.5 Å². The normalized spacial score (nSPS) is 13.7. The first-order valence-corrected chi connectivity index (χ1v) is 10.9. The lowest BCUT2D eigenvalue weighted by Gasteiger charge is -2.19. The van der Waals surface area contributed by atoms with E-state index in [0.29, 0.717) is 16.7 Å². The number of anilines is 1. The molecule has 3 amide bonds. The Balaban J connectivity index is 1.39. The van der Waals surface area contributed by atoms with Crippen molar-refractivity contribution in [3.63, 3.8) is 0 Å². The van der Waals surface area contributed by atoms with Gasteiger partial charge in [-0.25, -0.2) is 4.98 Å². The van der Waals surface area contributed by atoms with Crippen LogP contribution in [-0.2, 0) is 9.59 Å². The molecule has 1 aliphatic heterocycles. The number of hydrogen-bond acceptors (Lipinski definition) is 5. The second-order valence-electron chi connectivity index (χ2n) is 8.17. The SMILES string of the molecule is O=C(O)CC(c1ccccc1)n1cnc2ccc(NC(=O)CN3C(=O)c4ccccc4C3=O)cc21. The van der Waals surface area contributed by atoms with E-state index in [2.05, 4.69) is 10.3 Å². The fraction of sp³-hybridized carbons (Fsp3) is 0.115. The number of nitrogens with one attached hydrogen (secondary N) is 1. The number of aromatic nitrogens is 2. The van der Waals surface area contributed by atoms with E-state index < -0.39 is 36.3 Å². The Kier molecular flexibility index (Phi) is 5.58. The number of imide groups is 1. The Morgan fingerprint density at radius 2 is 1.57 bits per heavy atom. The Hall–Kier alpha value is -4.79. The molecule has 9 heteroatoms. The fourth-order valence-corrected chi connectivity index (χ4v) is 4.30. The molecule has 1 aliphatic rings. The van der Waals surface area contributed by atoms with Gasteiger partial charge < -0.3 is 15.0 Å². The van der Waals surface area contributed by atoms with Gasteiger partial charge in [0.25, 0.3) is 11.8 Å². The summed E-state index contributed by atoms with van der Waals surface area (Å²) >= 11 is 0. The predicted octanol–water partition coefficient (Wildman–Crippen LogP) is 3.34. The Labute approximate surface area is 199 Å². The van der Waals surface area contributed by atoms with Crippen LogP contribution in [0.25, 0.3) is 11.0 Å². The lowest BCUT2D eigenvalue weighted by atomic mass is 10.0. The number of imidazole rings is 1. The second kappa shape index (κ2) is 8.86. The monoisotopic (exact) mass is 468 g/mol. The molecule has 0 saturated carbocycles. The fourth-order valence-electron chi connectivity index (χ4n) is 4.30. The van der Waals surface area contributed by atoms with E-state index in [9.17, 15) is 24.3 Å². The molecule has 4 aromatic rings. The first kappa shape index (κ1) is 22.0. The molecule has 35 heavy (non-hydrogen) atoms. The van der Waals surface area contributed by atoms with Crippen molar-refractivity contribution >= 4 is 40.4 Å². The summed E-state index contributed by atoms with van der Waals surface area (Å²) in [7, 11) is 0. The third kappa shape index (κ3) is 4.15. The van der Waals surface area contributed by atoms with Gasteiger partial charge in [0.05, 0.1) is 41.0 Å². The highest BCUT2D eigenvalue weighted by molar-refractivity contribution is 6.22. The highest BCUT2D eigenvalue weighted by Crippen LogP contribution is 2.28. The van der Waals surface area contributed by atoms with E-state index in [4.69, 9.17) is 0 Å². The van der Waals surface area contributed by atoms with Crippen LogP contribution in [0.15, 0.2) is 79.1 Å². The molecule has 1 unspecified atom stereocenters. The number of benzene rings is 3. The van der Waals surface area contributed by atoms with Crippen LogP contribution in [0.2, 0.25) is 0 Å². The highest BCUT2D eigenvalue weighted by atomic mass is 16.4. The summed E-state index contributed by atoms with van der Waals surface area (Å²) in [5.74, 6) is -2.50. The number of hydrogen-bond donors (Lipinski definition) is 2. The zero-order chi connectivity index (χ0) is 24.5. The van der Waals surface area contributed by atoms with Crippen LogP contribution >= 0.6 is 0 Å². The number of fused-ring (bicyclic) bond motifs is 2. The number of aliphatic carboxylic acids is 1. The summed E-state index contributed by atoms with van der Waals surface area (Å²) < 4.78 is 1.76. The maximum Gasteiger partial charge on any atom is 0.305 e. The molecule has 174 valence electrons.